The Bertz CT molecular complexity index is 452. The summed E-state index contributed by atoms with van der Waals surface area (Å²) in [5, 5.41) is 11.9. The summed E-state index contributed by atoms with van der Waals surface area (Å²) < 4.78 is 5.19. The second-order valence-electron chi connectivity index (χ2n) is 5.12. The van der Waals surface area contributed by atoms with Crippen molar-refractivity contribution < 1.29 is 14.6 Å². The van der Waals surface area contributed by atoms with E-state index in [1.54, 1.807) is 13.2 Å². The summed E-state index contributed by atoms with van der Waals surface area (Å²) in [4.78, 5) is 11.7. The highest BCUT2D eigenvalue weighted by atomic mass is 16.5. The summed E-state index contributed by atoms with van der Waals surface area (Å²) >= 11 is 0. The lowest BCUT2D eigenvalue weighted by molar-refractivity contribution is -0.116. The number of aliphatic hydroxyl groups excluding tert-OH is 1. The Kier molecular flexibility index (Phi) is 5.57. The van der Waals surface area contributed by atoms with Crippen LogP contribution in [-0.2, 0) is 4.79 Å². The Balaban J connectivity index is 2.59. The summed E-state index contributed by atoms with van der Waals surface area (Å²) in [5.41, 5.74) is 0.537. The minimum atomic E-state index is -0.312. The number of rotatable bonds is 6. The Hall–Kier alpha value is -1.81. The first-order valence-corrected chi connectivity index (χ1v) is 6.18. The van der Waals surface area contributed by atoms with Crippen molar-refractivity contribution in [3.8, 4) is 5.75 Å². The molecule has 1 rings (SSSR count). The van der Waals surface area contributed by atoms with Crippen molar-refractivity contribution in [2.75, 3.05) is 20.3 Å². The van der Waals surface area contributed by atoms with Crippen LogP contribution in [0.1, 0.15) is 19.4 Å². The summed E-state index contributed by atoms with van der Waals surface area (Å²) in [7, 11) is 1.59. The van der Waals surface area contributed by atoms with Gasteiger partial charge in [-0.15, -0.1) is 0 Å². The molecule has 0 saturated carbocycles. The molecule has 4 nitrogen and oxygen atoms in total. The summed E-state index contributed by atoms with van der Waals surface area (Å²) in [6, 6.07) is 7.47. The maximum Gasteiger partial charge on any atom is 0.244 e. The number of nitrogens with one attached hydrogen (secondary N) is 1. The summed E-state index contributed by atoms with van der Waals surface area (Å²) in [5.74, 6) is 0.537. The van der Waals surface area contributed by atoms with Crippen LogP contribution < -0.4 is 10.1 Å². The van der Waals surface area contributed by atoms with E-state index < -0.39 is 0 Å². The van der Waals surface area contributed by atoms with Crippen molar-refractivity contribution in [2.24, 2.45) is 5.41 Å². The number of methoxy groups -OCH3 is 1. The highest BCUT2D eigenvalue weighted by Crippen LogP contribution is 2.18. The van der Waals surface area contributed by atoms with E-state index in [2.05, 4.69) is 5.32 Å². The third kappa shape index (κ3) is 5.14. The van der Waals surface area contributed by atoms with Gasteiger partial charge in [-0.25, -0.2) is 0 Å². The van der Waals surface area contributed by atoms with Gasteiger partial charge in [0.15, 0.2) is 0 Å². The lowest BCUT2D eigenvalue weighted by Gasteiger charge is -2.21. The predicted octanol–water partition coefficient (Wildman–Crippen LogP) is 1.84. The number of para-hydroxylation sites is 1. The van der Waals surface area contributed by atoms with Gasteiger partial charge in [0.1, 0.15) is 5.75 Å². The summed E-state index contributed by atoms with van der Waals surface area (Å²) in [6.45, 7) is 4.23. The average Bonchev–Trinajstić information content (AvgIpc) is 2.43. The molecule has 1 aromatic rings. The molecule has 104 valence electrons. The minimum absolute atomic E-state index is 0.0313. The highest BCUT2D eigenvalue weighted by Gasteiger charge is 2.16. The van der Waals surface area contributed by atoms with E-state index in [4.69, 9.17) is 9.84 Å². The van der Waals surface area contributed by atoms with Crippen molar-refractivity contribution in [1.29, 1.82) is 0 Å². The molecule has 1 aromatic carbocycles. The monoisotopic (exact) mass is 263 g/mol. The molecule has 0 radical (unpaired) electrons. The standard InChI is InChI=1S/C15H21NO3/c1-15(2,11-17)10-16-14(18)9-8-12-6-4-5-7-13(12)19-3/h4-9,17H,10-11H2,1-3H3,(H,16,18)/b9-8+. The molecule has 0 fully saturated rings. The lowest BCUT2D eigenvalue weighted by Crippen LogP contribution is -2.35. The Morgan fingerprint density at radius 3 is 2.74 bits per heavy atom. The van der Waals surface area contributed by atoms with Crippen molar-refractivity contribution in [3.63, 3.8) is 0 Å². The first-order valence-electron chi connectivity index (χ1n) is 6.18. The molecule has 0 bridgehead atoms. The van der Waals surface area contributed by atoms with Crippen molar-refractivity contribution in [2.45, 2.75) is 13.8 Å². The Morgan fingerprint density at radius 2 is 2.11 bits per heavy atom. The maximum atomic E-state index is 11.7. The molecule has 2 N–H and O–H groups in total. The van der Waals surface area contributed by atoms with Crippen LogP contribution in [0.3, 0.4) is 0 Å². The highest BCUT2D eigenvalue weighted by molar-refractivity contribution is 5.92. The van der Waals surface area contributed by atoms with Crippen LogP contribution in [0, 0.1) is 5.41 Å². The van der Waals surface area contributed by atoms with E-state index in [1.807, 2.05) is 38.1 Å². The SMILES string of the molecule is COc1ccccc1/C=C/C(=O)NCC(C)(C)CO. The zero-order valence-corrected chi connectivity index (χ0v) is 11.6. The molecule has 0 aromatic heterocycles. The van der Waals surface area contributed by atoms with Crippen molar-refractivity contribution >= 4 is 12.0 Å². The van der Waals surface area contributed by atoms with E-state index in [9.17, 15) is 4.79 Å². The smallest absolute Gasteiger partial charge is 0.244 e. The van der Waals surface area contributed by atoms with Crippen LogP contribution in [-0.4, -0.2) is 31.3 Å². The molecule has 1 amide bonds. The average molecular weight is 263 g/mol. The second kappa shape index (κ2) is 6.95. The van der Waals surface area contributed by atoms with Gasteiger partial charge < -0.3 is 15.2 Å². The fourth-order valence-corrected chi connectivity index (χ4v) is 1.41. The van der Waals surface area contributed by atoms with E-state index >= 15 is 0 Å². The molecule has 0 heterocycles. The first kappa shape index (κ1) is 15.2. The van der Waals surface area contributed by atoms with Gasteiger partial charge in [-0.05, 0) is 12.1 Å². The van der Waals surface area contributed by atoms with Gasteiger partial charge in [0.05, 0.1) is 7.11 Å². The van der Waals surface area contributed by atoms with Gasteiger partial charge in [0.25, 0.3) is 0 Å². The molecular weight excluding hydrogens is 242 g/mol. The minimum Gasteiger partial charge on any atom is -0.496 e. The Labute approximate surface area is 114 Å². The quantitative estimate of drug-likeness (QED) is 0.770. The number of carbonyl (C=O) groups excluding carboxylic acids is 1. The van der Waals surface area contributed by atoms with Gasteiger partial charge in [0, 0.05) is 30.2 Å². The van der Waals surface area contributed by atoms with E-state index in [0.717, 1.165) is 11.3 Å². The molecule has 19 heavy (non-hydrogen) atoms. The van der Waals surface area contributed by atoms with Crippen LogP contribution in [0.25, 0.3) is 6.08 Å². The largest absolute Gasteiger partial charge is 0.496 e. The number of carbonyl (C=O) groups is 1. The molecule has 0 aliphatic heterocycles. The van der Waals surface area contributed by atoms with E-state index in [1.165, 1.54) is 6.08 Å². The second-order valence-corrected chi connectivity index (χ2v) is 5.12. The van der Waals surface area contributed by atoms with Crippen LogP contribution in [0.2, 0.25) is 0 Å². The topological polar surface area (TPSA) is 58.6 Å². The van der Waals surface area contributed by atoms with Gasteiger partial charge in [-0.3, -0.25) is 4.79 Å². The maximum absolute atomic E-state index is 11.7. The first-order chi connectivity index (χ1) is 8.98. The van der Waals surface area contributed by atoms with Crippen molar-refractivity contribution in [3.05, 3.63) is 35.9 Å². The molecule has 0 saturated heterocycles. The molecule has 4 heteroatoms. The van der Waals surface area contributed by atoms with Gasteiger partial charge in [-0.1, -0.05) is 32.0 Å². The molecular formula is C15H21NO3. The molecule has 0 spiro atoms. The lowest BCUT2D eigenvalue weighted by atomic mass is 9.95. The summed E-state index contributed by atoms with van der Waals surface area (Å²) in [6.07, 6.45) is 3.17. The van der Waals surface area contributed by atoms with Crippen LogP contribution in [0.5, 0.6) is 5.75 Å². The third-order valence-electron chi connectivity index (χ3n) is 2.72. The third-order valence-corrected chi connectivity index (χ3v) is 2.72. The number of aliphatic hydroxyl groups is 1. The zero-order chi connectivity index (χ0) is 14.3. The van der Waals surface area contributed by atoms with Gasteiger partial charge >= 0.3 is 0 Å². The Morgan fingerprint density at radius 1 is 1.42 bits per heavy atom. The van der Waals surface area contributed by atoms with Crippen LogP contribution in [0.15, 0.2) is 30.3 Å². The number of amides is 1. The van der Waals surface area contributed by atoms with E-state index in [-0.39, 0.29) is 17.9 Å². The number of hydrogen-bond donors (Lipinski definition) is 2. The van der Waals surface area contributed by atoms with Gasteiger partial charge in [-0.2, -0.15) is 0 Å². The number of ether oxygens (including phenoxy) is 1. The molecule has 0 aliphatic rings. The van der Waals surface area contributed by atoms with E-state index in [0.29, 0.717) is 6.54 Å². The molecule has 0 unspecified atom stereocenters. The van der Waals surface area contributed by atoms with Crippen molar-refractivity contribution in [1.82, 2.24) is 5.32 Å². The molecule has 0 atom stereocenters. The predicted molar refractivity (Wildman–Crippen MR) is 75.9 cm³/mol. The fraction of sp³-hybridized carbons (Fsp3) is 0.400. The number of benzene rings is 1. The van der Waals surface area contributed by atoms with Crippen LogP contribution >= 0.6 is 0 Å². The van der Waals surface area contributed by atoms with Crippen LogP contribution in [0.4, 0.5) is 0 Å². The normalized spacial score (nSPS) is 11.6. The zero-order valence-electron chi connectivity index (χ0n) is 11.6. The fourth-order valence-electron chi connectivity index (χ4n) is 1.41. The molecule has 0 aliphatic carbocycles. The number of hydrogen-bond acceptors (Lipinski definition) is 3. The van der Waals surface area contributed by atoms with Gasteiger partial charge in [0.2, 0.25) is 5.91 Å².